The number of aromatic nitrogens is 2. The van der Waals surface area contributed by atoms with Crippen LogP contribution < -0.4 is 10.1 Å². The number of methoxy groups -OCH3 is 1. The zero-order valence-electron chi connectivity index (χ0n) is 11.1. The maximum Gasteiger partial charge on any atom is 0.224 e. The van der Waals surface area contributed by atoms with E-state index in [4.69, 9.17) is 16.3 Å². The number of halogens is 1. The van der Waals surface area contributed by atoms with Crippen LogP contribution >= 0.6 is 11.6 Å². The lowest BCUT2D eigenvalue weighted by atomic mass is 10.2. The van der Waals surface area contributed by atoms with Gasteiger partial charge in [0.15, 0.2) is 0 Å². The Balaban J connectivity index is 1.75. The minimum absolute atomic E-state index is 0.271. The molecule has 1 aliphatic carbocycles. The first-order valence-electron chi connectivity index (χ1n) is 6.36. The van der Waals surface area contributed by atoms with E-state index in [1.807, 2.05) is 30.3 Å². The molecule has 1 aromatic carbocycles. The number of hydrogen-bond donors (Lipinski definition) is 1. The van der Waals surface area contributed by atoms with Crippen molar-refractivity contribution in [3.8, 4) is 5.75 Å². The van der Waals surface area contributed by atoms with Crippen LogP contribution in [0.3, 0.4) is 0 Å². The van der Waals surface area contributed by atoms with Gasteiger partial charge in [0, 0.05) is 12.1 Å². The van der Waals surface area contributed by atoms with Gasteiger partial charge in [-0.25, -0.2) is 9.97 Å². The number of nitrogens with zero attached hydrogens (tertiary/aromatic N) is 2. The first-order chi connectivity index (χ1) is 9.76. The van der Waals surface area contributed by atoms with Gasteiger partial charge in [-0.3, -0.25) is 0 Å². The molecule has 4 nitrogen and oxygen atoms in total. The number of nitrogens with one attached hydrogen (secondary N) is 1. The summed E-state index contributed by atoms with van der Waals surface area (Å²) >= 11 is 5.94. The van der Waals surface area contributed by atoms with Gasteiger partial charge in [-0.2, -0.15) is 0 Å². The molecule has 1 heterocycles. The van der Waals surface area contributed by atoms with E-state index in [1.54, 1.807) is 7.11 Å². The van der Waals surface area contributed by atoms with Gasteiger partial charge < -0.3 is 10.1 Å². The number of allylic oxidation sites excluding steroid dienone is 1. The van der Waals surface area contributed by atoms with Crippen molar-refractivity contribution in [3.05, 3.63) is 52.4 Å². The average Bonchev–Trinajstić information content (AvgIpc) is 2.93. The minimum Gasteiger partial charge on any atom is -0.497 e. The number of benzene rings is 1. The van der Waals surface area contributed by atoms with Crippen LogP contribution in [0.25, 0.3) is 6.08 Å². The standard InChI is InChI=1S/C15H14ClN3O/c1-20-11-7-5-10(6-8-11)9-17-14-12-3-2-4-13(12)18-15(16)19-14/h2,4-8H,3,9H2,1H3,(H,17,18,19). The molecule has 0 unspecified atom stereocenters. The van der Waals surface area contributed by atoms with Crippen LogP contribution in [-0.4, -0.2) is 17.1 Å². The van der Waals surface area contributed by atoms with Crippen molar-refractivity contribution in [1.29, 1.82) is 0 Å². The van der Waals surface area contributed by atoms with E-state index in [0.29, 0.717) is 6.54 Å². The van der Waals surface area contributed by atoms with Crippen LogP contribution in [0.2, 0.25) is 5.28 Å². The second-order valence-electron chi connectivity index (χ2n) is 4.51. The largest absolute Gasteiger partial charge is 0.497 e. The molecular formula is C15H14ClN3O. The first kappa shape index (κ1) is 12.9. The summed E-state index contributed by atoms with van der Waals surface area (Å²) in [5, 5.41) is 3.59. The molecule has 102 valence electrons. The normalized spacial score (nSPS) is 12.3. The van der Waals surface area contributed by atoms with E-state index in [9.17, 15) is 0 Å². The Morgan fingerprint density at radius 1 is 1.25 bits per heavy atom. The Morgan fingerprint density at radius 2 is 2.05 bits per heavy atom. The van der Waals surface area contributed by atoms with E-state index in [0.717, 1.165) is 34.8 Å². The van der Waals surface area contributed by atoms with Gasteiger partial charge in [-0.1, -0.05) is 18.2 Å². The van der Waals surface area contributed by atoms with Crippen LogP contribution in [0.1, 0.15) is 16.8 Å². The third-order valence-corrected chi connectivity index (χ3v) is 3.40. The fraction of sp³-hybridized carbons (Fsp3) is 0.200. The summed E-state index contributed by atoms with van der Waals surface area (Å²) in [5.74, 6) is 1.66. The Labute approximate surface area is 122 Å². The molecule has 0 saturated heterocycles. The Bertz CT molecular complexity index is 653. The summed E-state index contributed by atoms with van der Waals surface area (Å²) in [6, 6.07) is 7.92. The van der Waals surface area contributed by atoms with E-state index < -0.39 is 0 Å². The van der Waals surface area contributed by atoms with Crippen molar-refractivity contribution in [1.82, 2.24) is 9.97 Å². The predicted octanol–water partition coefficient (Wildman–Crippen LogP) is 3.32. The van der Waals surface area contributed by atoms with Gasteiger partial charge in [-0.15, -0.1) is 0 Å². The zero-order valence-corrected chi connectivity index (χ0v) is 11.8. The van der Waals surface area contributed by atoms with Crippen LogP contribution in [0.5, 0.6) is 5.75 Å². The van der Waals surface area contributed by atoms with Gasteiger partial charge >= 0.3 is 0 Å². The third kappa shape index (κ3) is 2.60. The van der Waals surface area contributed by atoms with Gasteiger partial charge in [0.1, 0.15) is 11.6 Å². The summed E-state index contributed by atoms with van der Waals surface area (Å²) in [4.78, 5) is 8.48. The fourth-order valence-corrected chi connectivity index (χ4v) is 2.35. The highest BCUT2D eigenvalue weighted by Gasteiger charge is 2.14. The van der Waals surface area contributed by atoms with E-state index in [-0.39, 0.29) is 5.28 Å². The molecule has 0 saturated carbocycles. The molecule has 0 fully saturated rings. The molecule has 0 bridgehead atoms. The zero-order chi connectivity index (χ0) is 13.9. The Morgan fingerprint density at radius 3 is 2.80 bits per heavy atom. The van der Waals surface area contributed by atoms with Crippen molar-refractivity contribution < 1.29 is 4.74 Å². The number of fused-ring (bicyclic) bond motifs is 1. The Hall–Kier alpha value is -2.07. The molecular weight excluding hydrogens is 274 g/mol. The highest BCUT2D eigenvalue weighted by molar-refractivity contribution is 6.28. The highest BCUT2D eigenvalue weighted by Crippen LogP contribution is 2.26. The molecule has 0 spiro atoms. The van der Waals surface area contributed by atoms with Gasteiger partial charge in [0.25, 0.3) is 0 Å². The van der Waals surface area contributed by atoms with Gasteiger partial charge in [0.2, 0.25) is 5.28 Å². The lowest BCUT2D eigenvalue weighted by Gasteiger charge is -2.10. The fourth-order valence-electron chi connectivity index (χ4n) is 2.18. The Kier molecular flexibility index (Phi) is 3.56. The van der Waals surface area contributed by atoms with E-state index >= 15 is 0 Å². The van der Waals surface area contributed by atoms with Crippen molar-refractivity contribution in [2.24, 2.45) is 0 Å². The molecule has 0 atom stereocenters. The van der Waals surface area contributed by atoms with Gasteiger partial charge in [-0.05, 0) is 41.8 Å². The molecule has 0 radical (unpaired) electrons. The SMILES string of the molecule is COc1ccc(CNc2nc(Cl)nc3c2CC=C3)cc1. The average molecular weight is 288 g/mol. The molecule has 1 aromatic heterocycles. The lowest BCUT2D eigenvalue weighted by Crippen LogP contribution is -2.06. The summed E-state index contributed by atoms with van der Waals surface area (Å²) < 4.78 is 5.14. The van der Waals surface area contributed by atoms with E-state index in [1.165, 1.54) is 0 Å². The second-order valence-corrected chi connectivity index (χ2v) is 4.85. The van der Waals surface area contributed by atoms with Crippen molar-refractivity contribution >= 4 is 23.5 Å². The summed E-state index contributed by atoms with van der Waals surface area (Å²) in [6.45, 7) is 0.684. The van der Waals surface area contributed by atoms with Gasteiger partial charge in [0.05, 0.1) is 12.8 Å². The number of anilines is 1. The maximum atomic E-state index is 5.94. The van der Waals surface area contributed by atoms with Crippen LogP contribution in [0.15, 0.2) is 30.3 Å². The molecule has 5 heteroatoms. The smallest absolute Gasteiger partial charge is 0.224 e. The molecule has 1 aliphatic rings. The van der Waals surface area contributed by atoms with Crippen molar-refractivity contribution in [2.75, 3.05) is 12.4 Å². The summed E-state index contributed by atoms with van der Waals surface area (Å²) in [6.07, 6.45) is 4.88. The number of hydrogen-bond acceptors (Lipinski definition) is 4. The highest BCUT2D eigenvalue weighted by atomic mass is 35.5. The van der Waals surface area contributed by atoms with Crippen LogP contribution in [-0.2, 0) is 13.0 Å². The molecule has 20 heavy (non-hydrogen) atoms. The summed E-state index contributed by atoms with van der Waals surface area (Å²) in [7, 11) is 1.66. The van der Waals surface area contributed by atoms with Crippen LogP contribution in [0.4, 0.5) is 5.82 Å². The predicted molar refractivity (Wildman–Crippen MR) is 80.1 cm³/mol. The molecule has 1 N–H and O–H groups in total. The second kappa shape index (κ2) is 5.51. The summed E-state index contributed by atoms with van der Waals surface area (Å²) in [5.41, 5.74) is 3.16. The first-order valence-corrected chi connectivity index (χ1v) is 6.74. The van der Waals surface area contributed by atoms with E-state index in [2.05, 4.69) is 21.4 Å². The van der Waals surface area contributed by atoms with Crippen LogP contribution in [0, 0.1) is 0 Å². The third-order valence-electron chi connectivity index (χ3n) is 3.23. The van der Waals surface area contributed by atoms with Crippen molar-refractivity contribution in [3.63, 3.8) is 0 Å². The maximum absolute atomic E-state index is 5.94. The minimum atomic E-state index is 0.271. The van der Waals surface area contributed by atoms with Crippen molar-refractivity contribution in [2.45, 2.75) is 13.0 Å². The molecule has 0 aliphatic heterocycles. The molecule has 2 aromatic rings. The molecule has 0 amide bonds. The topological polar surface area (TPSA) is 47.0 Å². The lowest BCUT2D eigenvalue weighted by molar-refractivity contribution is 0.414. The quantitative estimate of drug-likeness (QED) is 0.876. The number of ether oxygens (including phenoxy) is 1. The monoisotopic (exact) mass is 287 g/mol. The molecule has 3 rings (SSSR count). The number of rotatable bonds is 4.